The number of nitrogens with zero attached hydrogens (tertiary/aromatic N) is 2. The van der Waals surface area contributed by atoms with Crippen LogP contribution < -0.4 is 0 Å². The lowest BCUT2D eigenvalue weighted by molar-refractivity contribution is 0.0761. The van der Waals surface area contributed by atoms with Crippen molar-refractivity contribution in [2.75, 3.05) is 39.9 Å². The van der Waals surface area contributed by atoms with Gasteiger partial charge in [0.1, 0.15) is 0 Å². The van der Waals surface area contributed by atoms with E-state index in [9.17, 15) is 0 Å². The molecule has 4 heteroatoms. The van der Waals surface area contributed by atoms with Gasteiger partial charge in [-0.05, 0) is 7.05 Å². The molecule has 0 bridgehead atoms. The van der Waals surface area contributed by atoms with Gasteiger partial charge in [0.15, 0.2) is 0 Å². The molecule has 3 nitrogen and oxygen atoms in total. The van der Waals surface area contributed by atoms with Crippen LogP contribution in [0.15, 0.2) is 0 Å². The highest BCUT2D eigenvalue weighted by atomic mass is 32.2. The van der Waals surface area contributed by atoms with Crippen LogP contribution in [0.4, 0.5) is 0 Å². The van der Waals surface area contributed by atoms with Crippen molar-refractivity contribution in [3.05, 3.63) is 0 Å². The smallest absolute Gasteiger partial charge is 0.0603 e. The fourth-order valence-corrected chi connectivity index (χ4v) is 1.71. The van der Waals surface area contributed by atoms with E-state index in [2.05, 4.69) is 22.6 Å². The first-order valence-electron chi connectivity index (χ1n) is 4.05. The molecule has 0 amide bonds. The first kappa shape index (κ1) is 9.32. The Morgan fingerprint density at radius 1 is 1.45 bits per heavy atom. The maximum Gasteiger partial charge on any atom is 0.0603 e. The monoisotopic (exact) mass is 176 g/mol. The minimum atomic E-state index is 0.880. The van der Waals surface area contributed by atoms with Crippen LogP contribution in [-0.2, 0) is 4.74 Å². The molecule has 1 saturated heterocycles. The first-order chi connectivity index (χ1) is 5.33. The minimum Gasteiger partial charge on any atom is -0.379 e. The van der Waals surface area contributed by atoms with Gasteiger partial charge in [-0.15, -0.1) is 0 Å². The highest BCUT2D eigenvalue weighted by Crippen LogP contribution is 2.14. The molecular formula is C7H16N2OS. The van der Waals surface area contributed by atoms with Gasteiger partial charge in [0.05, 0.1) is 13.2 Å². The summed E-state index contributed by atoms with van der Waals surface area (Å²) in [5.41, 5.74) is 0. The Bertz CT molecular complexity index is 107. The lowest BCUT2D eigenvalue weighted by Gasteiger charge is -2.28. The van der Waals surface area contributed by atoms with Gasteiger partial charge >= 0.3 is 0 Å². The van der Waals surface area contributed by atoms with Crippen LogP contribution >= 0.6 is 12.1 Å². The van der Waals surface area contributed by atoms with Crippen molar-refractivity contribution in [3.63, 3.8) is 0 Å². The van der Waals surface area contributed by atoms with E-state index in [-0.39, 0.29) is 0 Å². The SMILES string of the molecule is CCN(C)SN1CCOCC1. The van der Waals surface area contributed by atoms with E-state index in [1.54, 1.807) is 0 Å². The van der Waals surface area contributed by atoms with Gasteiger partial charge in [-0.25, -0.2) is 8.61 Å². The molecule has 1 fully saturated rings. The van der Waals surface area contributed by atoms with Gasteiger partial charge in [0, 0.05) is 31.8 Å². The predicted molar refractivity (Wildman–Crippen MR) is 48.3 cm³/mol. The summed E-state index contributed by atoms with van der Waals surface area (Å²) >= 11 is 1.81. The van der Waals surface area contributed by atoms with E-state index in [1.165, 1.54) is 0 Å². The zero-order chi connectivity index (χ0) is 8.10. The molecule has 11 heavy (non-hydrogen) atoms. The van der Waals surface area contributed by atoms with Crippen molar-refractivity contribution in [1.82, 2.24) is 8.61 Å². The van der Waals surface area contributed by atoms with Gasteiger partial charge in [-0.3, -0.25) is 0 Å². The highest BCUT2D eigenvalue weighted by molar-refractivity contribution is 7.94. The molecule has 1 aliphatic rings. The van der Waals surface area contributed by atoms with E-state index in [0.29, 0.717) is 0 Å². The molecular weight excluding hydrogens is 160 g/mol. The number of ether oxygens (including phenoxy) is 1. The summed E-state index contributed by atoms with van der Waals surface area (Å²) in [5.74, 6) is 0. The zero-order valence-corrected chi connectivity index (χ0v) is 8.06. The van der Waals surface area contributed by atoms with Crippen molar-refractivity contribution in [2.45, 2.75) is 6.92 Å². The summed E-state index contributed by atoms with van der Waals surface area (Å²) in [4.78, 5) is 0. The highest BCUT2D eigenvalue weighted by Gasteiger charge is 2.11. The van der Waals surface area contributed by atoms with Crippen molar-refractivity contribution >= 4 is 12.1 Å². The van der Waals surface area contributed by atoms with Crippen LogP contribution in [0.2, 0.25) is 0 Å². The van der Waals surface area contributed by atoms with Gasteiger partial charge in [0.2, 0.25) is 0 Å². The van der Waals surface area contributed by atoms with E-state index >= 15 is 0 Å². The van der Waals surface area contributed by atoms with Crippen LogP contribution in [0.1, 0.15) is 6.92 Å². The van der Waals surface area contributed by atoms with E-state index in [0.717, 1.165) is 32.8 Å². The summed E-state index contributed by atoms with van der Waals surface area (Å²) in [6, 6.07) is 0. The van der Waals surface area contributed by atoms with Crippen molar-refractivity contribution in [2.24, 2.45) is 0 Å². The molecule has 0 aromatic rings. The molecule has 0 spiro atoms. The topological polar surface area (TPSA) is 15.7 Å². The number of rotatable bonds is 3. The second-order valence-electron chi connectivity index (χ2n) is 2.57. The predicted octanol–water partition coefficient (Wildman–Crippen LogP) is 0.833. The van der Waals surface area contributed by atoms with Crippen LogP contribution in [0.5, 0.6) is 0 Å². The summed E-state index contributed by atoms with van der Waals surface area (Å²) in [6.45, 7) is 7.11. The maximum absolute atomic E-state index is 5.24. The molecule has 0 saturated carbocycles. The summed E-state index contributed by atoms with van der Waals surface area (Å²) < 4.78 is 9.81. The van der Waals surface area contributed by atoms with Gasteiger partial charge in [0.25, 0.3) is 0 Å². The Labute approximate surface area is 73.0 Å². The number of hydrogen-bond donors (Lipinski definition) is 0. The van der Waals surface area contributed by atoms with Crippen molar-refractivity contribution < 1.29 is 4.74 Å². The Morgan fingerprint density at radius 2 is 2.09 bits per heavy atom. The van der Waals surface area contributed by atoms with Crippen LogP contribution in [0.3, 0.4) is 0 Å². The summed E-state index contributed by atoms with van der Waals surface area (Å²) in [5, 5.41) is 0. The van der Waals surface area contributed by atoms with Gasteiger partial charge in [-0.2, -0.15) is 0 Å². The zero-order valence-electron chi connectivity index (χ0n) is 7.25. The Kier molecular flexibility index (Phi) is 4.22. The van der Waals surface area contributed by atoms with Gasteiger partial charge in [-0.1, -0.05) is 6.92 Å². The third-order valence-corrected chi connectivity index (χ3v) is 2.80. The molecule has 1 rings (SSSR count). The van der Waals surface area contributed by atoms with Crippen LogP contribution in [0.25, 0.3) is 0 Å². The lowest BCUT2D eigenvalue weighted by atomic mass is 10.5. The second-order valence-corrected chi connectivity index (χ2v) is 3.87. The normalized spacial score (nSPS) is 21.0. The molecule has 0 aromatic heterocycles. The van der Waals surface area contributed by atoms with E-state index < -0.39 is 0 Å². The molecule has 1 aliphatic heterocycles. The van der Waals surface area contributed by atoms with Crippen molar-refractivity contribution in [3.8, 4) is 0 Å². The van der Waals surface area contributed by atoms with Gasteiger partial charge < -0.3 is 4.74 Å². The van der Waals surface area contributed by atoms with E-state index in [1.807, 2.05) is 12.1 Å². The largest absolute Gasteiger partial charge is 0.379 e. The molecule has 1 heterocycles. The fourth-order valence-electron chi connectivity index (χ4n) is 0.883. The summed E-state index contributed by atoms with van der Waals surface area (Å²) in [6.07, 6.45) is 0. The minimum absolute atomic E-state index is 0.880. The molecule has 0 unspecified atom stereocenters. The Hall–Kier alpha value is 0.230. The van der Waals surface area contributed by atoms with Crippen molar-refractivity contribution in [1.29, 1.82) is 0 Å². The fraction of sp³-hybridized carbons (Fsp3) is 1.00. The number of hydrogen-bond acceptors (Lipinski definition) is 4. The summed E-state index contributed by atoms with van der Waals surface area (Å²) in [7, 11) is 2.11. The molecule has 0 N–H and O–H groups in total. The molecule has 0 atom stereocenters. The average Bonchev–Trinajstić information content (AvgIpc) is 2.06. The average molecular weight is 176 g/mol. The third-order valence-electron chi connectivity index (χ3n) is 1.67. The Balaban J connectivity index is 2.13. The maximum atomic E-state index is 5.24. The molecule has 66 valence electrons. The molecule has 0 aliphatic carbocycles. The van der Waals surface area contributed by atoms with Crippen LogP contribution in [0, 0.1) is 0 Å². The molecule has 0 radical (unpaired) electrons. The van der Waals surface area contributed by atoms with E-state index in [4.69, 9.17) is 4.74 Å². The standard InChI is InChI=1S/C7H16N2OS/c1-3-8(2)11-9-4-6-10-7-5-9/h3-7H2,1-2H3. The Morgan fingerprint density at radius 3 is 2.64 bits per heavy atom. The quantitative estimate of drug-likeness (QED) is 0.592. The first-order valence-corrected chi connectivity index (χ1v) is 4.78. The molecule has 0 aromatic carbocycles. The van der Waals surface area contributed by atoms with Crippen LogP contribution in [-0.4, -0.2) is 48.5 Å². The second kappa shape index (κ2) is 4.98. The lowest BCUT2D eigenvalue weighted by Crippen LogP contribution is -2.33. The number of morpholine rings is 1. The third kappa shape index (κ3) is 3.42.